The van der Waals surface area contributed by atoms with Crippen LogP contribution in [0.2, 0.25) is 0 Å². The molecule has 3 rings (SSSR count). The van der Waals surface area contributed by atoms with E-state index in [2.05, 4.69) is 19.1 Å². The third-order valence-corrected chi connectivity index (χ3v) is 4.60. The van der Waals surface area contributed by atoms with E-state index in [1.807, 2.05) is 4.90 Å². The van der Waals surface area contributed by atoms with Gasteiger partial charge in [-0.15, -0.1) is 0 Å². The van der Waals surface area contributed by atoms with E-state index in [4.69, 9.17) is 4.74 Å². The van der Waals surface area contributed by atoms with Gasteiger partial charge in [-0.3, -0.25) is 4.90 Å². The molecule has 2 heterocycles. The zero-order valence-electron chi connectivity index (χ0n) is 9.87. The highest BCUT2D eigenvalue weighted by Crippen LogP contribution is 2.49. The Labute approximate surface area is 96.4 Å². The Morgan fingerprint density at radius 2 is 2.19 bits per heavy atom. The lowest BCUT2D eigenvalue weighted by atomic mass is 9.71. The van der Waals surface area contributed by atoms with Gasteiger partial charge in [-0.05, 0) is 51.5 Å². The van der Waals surface area contributed by atoms with Crippen molar-refractivity contribution < 1.29 is 9.53 Å². The molecule has 0 aromatic heterocycles. The number of amides is 1. The number of ether oxygens (including phenoxy) is 1. The molecule has 1 spiro atoms. The molecule has 88 valence electrons. The van der Waals surface area contributed by atoms with Crippen molar-refractivity contribution in [3.63, 3.8) is 0 Å². The van der Waals surface area contributed by atoms with Crippen molar-refractivity contribution in [1.29, 1.82) is 0 Å². The lowest BCUT2D eigenvalue weighted by molar-refractivity contribution is 0.00745. The third-order valence-electron chi connectivity index (χ3n) is 4.60. The second-order valence-electron chi connectivity index (χ2n) is 5.43. The summed E-state index contributed by atoms with van der Waals surface area (Å²) in [5.41, 5.74) is -0.429. The van der Waals surface area contributed by atoms with E-state index >= 15 is 0 Å². The van der Waals surface area contributed by atoms with Crippen LogP contribution in [-0.2, 0) is 4.74 Å². The van der Waals surface area contributed by atoms with Gasteiger partial charge in [0.15, 0.2) is 5.60 Å². The highest BCUT2D eigenvalue weighted by molar-refractivity contribution is 5.73. The molecule has 1 amide bonds. The van der Waals surface area contributed by atoms with Crippen LogP contribution in [0.15, 0.2) is 12.2 Å². The van der Waals surface area contributed by atoms with Crippen LogP contribution in [0.4, 0.5) is 4.79 Å². The van der Waals surface area contributed by atoms with Gasteiger partial charge in [-0.2, -0.15) is 0 Å². The number of hydrogen-bond donors (Lipinski definition) is 0. The van der Waals surface area contributed by atoms with Gasteiger partial charge in [0.2, 0.25) is 0 Å². The molecule has 0 saturated carbocycles. The second-order valence-corrected chi connectivity index (χ2v) is 5.43. The lowest BCUT2D eigenvalue weighted by Gasteiger charge is -2.46. The molecule has 0 aromatic carbocycles. The predicted octanol–water partition coefficient (Wildman–Crippen LogP) is 2.86. The minimum Gasteiger partial charge on any atom is -0.436 e. The van der Waals surface area contributed by atoms with Crippen molar-refractivity contribution in [2.45, 2.75) is 56.6 Å². The highest BCUT2D eigenvalue weighted by Gasteiger charge is 2.61. The maximum atomic E-state index is 12.0. The summed E-state index contributed by atoms with van der Waals surface area (Å²) in [6.45, 7) is 3.07. The highest BCUT2D eigenvalue weighted by atomic mass is 16.6. The molecular formula is C13H19NO2. The zero-order chi connectivity index (χ0) is 11.2. The summed E-state index contributed by atoms with van der Waals surface area (Å²) < 4.78 is 5.74. The maximum Gasteiger partial charge on any atom is 0.411 e. The van der Waals surface area contributed by atoms with Crippen molar-refractivity contribution in [3.05, 3.63) is 12.2 Å². The Kier molecular flexibility index (Phi) is 2.07. The average molecular weight is 221 g/mol. The van der Waals surface area contributed by atoms with E-state index in [0.717, 1.165) is 38.6 Å². The van der Waals surface area contributed by atoms with Crippen LogP contribution in [0.5, 0.6) is 0 Å². The Balaban J connectivity index is 2.03. The number of fused-ring (bicyclic) bond motifs is 2. The third kappa shape index (κ3) is 1.12. The first-order valence-corrected chi connectivity index (χ1v) is 6.36. The number of hydrogen-bond acceptors (Lipinski definition) is 2. The van der Waals surface area contributed by atoms with E-state index in [1.165, 1.54) is 6.42 Å². The van der Waals surface area contributed by atoms with Crippen LogP contribution >= 0.6 is 0 Å². The molecule has 2 fully saturated rings. The molecule has 0 bridgehead atoms. The van der Waals surface area contributed by atoms with Gasteiger partial charge in [0, 0.05) is 6.54 Å². The minimum absolute atomic E-state index is 0.0980. The Hall–Kier alpha value is -0.990. The topological polar surface area (TPSA) is 29.5 Å². The Morgan fingerprint density at radius 3 is 2.94 bits per heavy atom. The maximum absolute atomic E-state index is 12.0. The van der Waals surface area contributed by atoms with Gasteiger partial charge in [0.25, 0.3) is 0 Å². The SMILES string of the molecule is C[C@@]12CCCCN1C(=O)O[C@]21C=CCCC1. The summed E-state index contributed by atoms with van der Waals surface area (Å²) in [6.07, 6.45) is 10.9. The minimum atomic E-state index is -0.331. The van der Waals surface area contributed by atoms with Crippen molar-refractivity contribution in [2.75, 3.05) is 6.54 Å². The van der Waals surface area contributed by atoms with Crippen LogP contribution in [0.3, 0.4) is 0 Å². The Morgan fingerprint density at radius 1 is 1.31 bits per heavy atom. The first kappa shape index (κ1) is 10.2. The summed E-state index contributed by atoms with van der Waals surface area (Å²) in [5.74, 6) is 0. The molecule has 3 heteroatoms. The van der Waals surface area contributed by atoms with Gasteiger partial charge >= 0.3 is 6.09 Å². The lowest BCUT2D eigenvalue weighted by Crippen LogP contribution is -2.57. The van der Waals surface area contributed by atoms with E-state index in [-0.39, 0.29) is 17.2 Å². The summed E-state index contributed by atoms with van der Waals surface area (Å²) >= 11 is 0. The smallest absolute Gasteiger partial charge is 0.411 e. The molecule has 0 N–H and O–H groups in total. The summed E-state index contributed by atoms with van der Waals surface area (Å²) in [6, 6.07) is 0. The van der Waals surface area contributed by atoms with E-state index in [9.17, 15) is 4.79 Å². The quantitative estimate of drug-likeness (QED) is 0.589. The van der Waals surface area contributed by atoms with E-state index in [0.29, 0.717) is 0 Å². The first-order valence-electron chi connectivity index (χ1n) is 6.36. The fourth-order valence-electron chi connectivity index (χ4n) is 3.55. The molecular weight excluding hydrogens is 202 g/mol. The van der Waals surface area contributed by atoms with Crippen molar-refractivity contribution in [1.82, 2.24) is 4.90 Å². The van der Waals surface area contributed by atoms with E-state index in [1.54, 1.807) is 0 Å². The summed E-state index contributed by atoms with van der Waals surface area (Å²) in [7, 11) is 0. The molecule has 0 radical (unpaired) electrons. The van der Waals surface area contributed by atoms with E-state index < -0.39 is 0 Å². The van der Waals surface area contributed by atoms with Gasteiger partial charge in [-0.25, -0.2) is 4.79 Å². The molecule has 3 aliphatic rings. The number of allylic oxidation sites excluding steroid dienone is 1. The van der Waals surface area contributed by atoms with Crippen LogP contribution in [0.1, 0.15) is 45.4 Å². The van der Waals surface area contributed by atoms with Crippen molar-refractivity contribution >= 4 is 6.09 Å². The fraction of sp³-hybridized carbons (Fsp3) is 0.769. The van der Waals surface area contributed by atoms with Crippen LogP contribution < -0.4 is 0 Å². The van der Waals surface area contributed by atoms with Crippen LogP contribution in [0.25, 0.3) is 0 Å². The first-order chi connectivity index (χ1) is 7.68. The van der Waals surface area contributed by atoms with Gasteiger partial charge in [-0.1, -0.05) is 6.08 Å². The monoisotopic (exact) mass is 221 g/mol. The predicted molar refractivity (Wildman–Crippen MR) is 61.2 cm³/mol. The normalized spacial score (nSPS) is 42.3. The fourth-order valence-corrected chi connectivity index (χ4v) is 3.55. The van der Waals surface area contributed by atoms with Crippen LogP contribution in [0, 0.1) is 0 Å². The van der Waals surface area contributed by atoms with Crippen molar-refractivity contribution in [3.8, 4) is 0 Å². The average Bonchev–Trinajstić information content (AvgIpc) is 2.50. The summed E-state index contributed by atoms with van der Waals surface area (Å²) in [5, 5.41) is 0. The number of carbonyl (C=O) groups excluding carboxylic acids is 1. The summed E-state index contributed by atoms with van der Waals surface area (Å²) in [4.78, 5) is 13.9. The second kappa shape index (κ2) is 3.25. The standard InChI is InChI=1S/C13H19NO2/c1-12-7-5-6-10-14(12)11(15)16-13(12)8-3-2-4-9-13/h3,8H,2,4-7,9-10H2,1H3/t12-,13-/m0/s1. The molecule has 16 heavy (non-hydrogen) atoms. The molecule has 2 saturated heterocycles. The molecule has 2 atom stereocenters. The van der Waals surface area contributed by atoms with Gasteiger partial charge in [0.1, 0.15) is 0 Å². The molecule has 0 aromatic rings. The molecule has 0 unspecified atom stereocenters. The number of nitrogens with zero attached hydrogens (tertiary/aromatic N) is 1. The molecule has 1 aliphatic carbocycles. The Bertz CT molecular complexity index is 352. The number of carbonyl (C=O) groups is 1. The van der Waals surface area contributed by atoms with Crippen LogP contribution in [-0.4, -0.2) is 28.7 Å². The number of piperidine rings is 1. The molecule has 2 aliphatic heterocycles. The largest absolute Gasteiger partial charge is 0.436 e. The number of rotatable bonds is 0. The van der Waals surface area contributed by atoms with Crippen molar-refractivity contribution in [2.24, 2.45) is 0 Å². The molecule has 3 nitrogen and oxygen atoms in total. The zero-order valence-corrected chi connectivity index (χ0v) is 9.87. The van der Waals surface area contributed by atoms with Gasteiger partial charge < -0.3 is 4.74 Å². The van der Waals surface area contributed by atoms with Gasteiger partial charge in [0.05, 0.1) is 5.54 Å².